The Morgan fingerprint density at radius 2 is 2.43 bits per heavy atom. The van der Waals surface area contributed by atoms with Crippen molar-refractivity contribution in [1.29, 1.82) is 0 Å². The molecule has 1 nitrogen and oxygen atoms in total. The number of hydrogen-bond acceptors (Lipinski definition) is 1. The molecule has 0 aromatic carbocycles. The molecule has 1 aliphatic carbocycles. The van der Waals surface area contributed by atoms with Crippen LogP contribution in [0.15, 0.2) is 4.99 Å². The molecule has 1 heterocycles. The first-order valence-corrected chi connectivity index (χ1v) is 2.98. The predicted molar refractivity (Wildman–Crippen MR) is 29.6 cm³/mol. The first-order valence-electron chi connectivity index (χ1n) is 2.98. The molecule has 2 aliphatic rings. The van der Waals surface area contributed by atoms with Crippen molar-refractivity contribution in [3.8, 4) is 0 Å². The maximum Gasteiger partial charge on any atom is 0.0527 e. The molecule has 0 bridgehead atoms. The van der Waals surface area contributed by atoms with Crippen LogP contribution >= 0.6 is 0 Å². The third kappa shape index (κ3) is 0.355. The van der Waals surface area contributed by atoms with Gasteiger partial charge in [0.1, 0.15) is 0 Å². The van der Waals surface area contributed by atoms with E-state index in [0.717, 1.165) is 12.0 Å². The molecular weight excluding hydrogens is 86.1 g/mol. The first kappa shape index (κ1) is 3.65. The van der Waals surface area contributed by atoms with Crippen LogP contribution < -0.4 is 0 Å². The molecule has 0 aromatic rings. The maximum atomic E-state index is 4.28. The van der Waals surface area contributed by atoms with Gasteiger partial charge >= 0.3 is 0 Å². The van der Waals surface area contributed by atoms with Crippen molar-refractivity contribution in [3.63, 3.8) is 0 Å². The van der Waals surface area contributed by atoms with Crippen LogP contribution in [0.2, 0.25) is 0 Å². The monoisotopic (exact) mass is 95.1 g/mol. The Morgan fingerprint density at radius 1 is 1.43 bits per heavy atom. The Bertz CT molecular complexity index is 107. The molecular formula is C6H9N. The number of aliphatic imine (C=N–C) groups is 1. The lowest BCUT2D eigenvalue weighted by molar-refractivity contribution is 0.289. The van der Waals surface area contributed by atoms with Crippen molar-refractivity contribution in [1.82, 2.24) is 0 Å². The van der Waals surface area contributed by atoms with Gasteiger partial charge in [0, 0.05) is 0 Å². The molecule has 38 valence electrons. The van der Waals surface area contributed by atoms with Gasteiger partial charge < -0.3 is 0 Å². The second-order valence-corrected chi connectivity index (χ2v) is 2.47. The normalized spacial score (nSPS) is 45.7. The van der Waals surface area contributed by atoms with E-state index >= 15 is 0 Å². The maximum absolute atomic E-state index is 4.28. The van der Waals surface area contributed by atoms with Crippen molar-refractivity contribution < 1.29 is 0 Å². The van der Waals surface area contributed by atoms with E-state index < -0.39 is 0 Å². The Hall–Kier alpha value is -0.330. The Morgan fingerprint density at radius 3 is 2.71 bits per heavy atom. The third-order valence-electron chi connectivity index (χ3n) is 2.08. The summed E-state index contributed by atoms with van der Waals surface area (Å²) >= 11 is 0. The van der Waals surface area contributed by atoms with Crippen LogP contribution in [-0.4, -0.2) is 12.3 Å². The lowest BCUT2D eigenvalue weighted by Gasteiger charge is -2.27. The summed E-state index contributed by atoms with van der Waals surface area (Å²) in [6.45, 7) is 0. The molecule has 0 saturated heterocycles. The van der Waals surface area contributed by atoms with Crippen molar-refractivity contribution >= 4 is 6.21 Å². The van der Waals surface area contributed by atoms with Gasteiger partial charge in [0.25, 0.3) is 0 Å². The minimum atomic E-state index is 0.764. The minimum Gasteiger partial charge on any atom is -0.294 e. The van der Waals surface area contributed by atoms with E-state index in [9.17, 15) is 0 Å². The molecule has 2 unspecified atom stereocenters. The van der Waals surface area contributed by atoms with E-state index in [1.54, 1.807) is 0 Å². The molecule has 0 spiro atoms. The molecule has 7 heavy (non-hydrogen) atoms. The molecule has 0 N–H and O–H groups in total. The van der Waals surface area contributed by atoms with Gasteiger partial charge in [0.2, 0.25) is 0 Å². The summed E-state index contributed by atoms with van der Waals surface area (Å²) in [6.07, 6.45) is 6.15. The van der Waals surface area contributed by atoms with E-state index in [1.807, 2.05) is 0 Å². The smallest absolute Gasteiger partial charge is 0.0527 e. The zero-order valence-corrected chi connectivity index (χ0v) is 4.30. The van der Waals surface area contributed by atoms with Gasteiger partial charge in [0.15, 0.2) is 0 Å². The molecule has 0 radical (unpaired) electrons. The number of rotatable bonds is 0. The van der Waals surface area contributed by atoms with Crippen LogP contribution in [-0.2, 0) is 0 Å². The van der Waals surface area contributed by atoms with Crippen molar-refractivity contribution in [2.45, 2.75) is 25.3 Å². The van der Waals surface area contributed by atoms with E-state index in [2.05, 4.69) is 11.2 Å². The summed E-state index contributed by atoms with van der Waals surface area (Å²) in [4.78, 5) is 4.28. The summed E-state index contributed by atoms with van der Waals surface area (Å²) in [5.74, 6) is 0.972. The molecule has 0 aromatic heterocycles. The number of nitrogens with zero attached hydrogens (tertiary/aromatic N) is 1. The molecule has 1 heteroatoms. The van der Waals surface area contributed by atoms with Crippen molar-refractivity contribution in [3.05, 3.63) is 0 Å². The summed E-state index contributed by atoms with van der Waals surface area (Å²) in [6, 6.07) is 0.764. The van der Waals surface area contributed by atoms with Crippen LogP contribution in [0.5, 0.6) is 0 Å². The zero-order chi connectivity index (χ0) is 4.69. The molecule has 2 rings (SSSR count). The fraction of sp³-hybridized carbons (Fsp3) is 0.833. The number of hydrogen-bond donors (Lipinski definition) is 0. The van der Waals surface area contributed by atoms with Crippen LogP contribution in [0.1, 0.15) is 19.3 Å². The summed E-state index contributed by atoms with van der Waals surface area (Å²) < 4.78 is 0. The van der Waals surface area contributed by atoms with Crippen molar-refractivity contribution in [2.24, 2.45) is 10.9 Å². The van der Waals surface area contributed by atoms with E-state index in [4.69, 9.17) is 0 Å². The number of fused-ring (bicyclic) bond motifs is 1. The van der Waals surface area contributed by atoms with E-state index in [0.29, 0.717) is 0 Å². The van der Waals surface area contributed by atoms with Crippen LogP contribution in [0.3, 0.4) is 0 Å². The van der Waals surface area contributed by atoms with E-state index in [1.165, 1.54) is 19.3 Å². The molecule has 0 amide bonds. The molecule has 1 saturated carbocycles. The van der Waals surface area contributed by atoms with Crippen LogP contribution in [0, 0.1) is 5.92 Å². The fourth-order valence-corrected chi connectivity index (χ4v) is 1.35. The quantitative estimate of drug-likeness (QED) is 0.429. The van der Waals surface area contributed by atoms with Crippen LogP contribution in [0.25, 0.3) is 0 Å². The Balaban J connectivity index is 2.14. The lowest BCUT2D eigenvalue weighted by Crippen LogP contribution is -2.24. The topological polar surface area (TPSA) is 12.4 Å². The highest BCUT2D eigenvalue weighted by molar-refractivity contribution is 5.61. The highest BCUT2D eigenvalue weighted by Gasteiger charge is 2.32. The van der Waals surface area contributed by atoms with E-state index in [-0.39, 0.29) is 0 Å². The third-order valence-corrected chi connectivity index (χ3v) is 2.08. The highest BCUT2D eigenvalue weighted by atomic mass is 14.8. The Labute approximate surface area is 43.4 Å². The summed E-state index contributed by atoms with van der Waals surface area (Å²) in [5, 5.41) is 0. The average molecular weight is 95.1 g/mol. The lowest BCUT2D eigenvalue weighted by atomic mass is 9.80. The molecule has 2 atom stereocenters. The second kappa shape index (κ2) is 1.09. The predicted octanol–water partition coefficient (Wildman–Crippen LogP) is 1.24. The fourth-order valence-electron chi connectivity index (χ4n) is 1.35. The van der Waals surface area contributed by atoms with Gasteiger partial charge in [0.05, 0.1) is 6.04 Å². The van der Waals surface area contributed by atoms with Gasteiger partial charge in [-0.25, -0.2) is 0 Å². The first-order chi connectivity index (χ1) is 3.47. The highest BCUT2D eigenvalue weighted by Crippen LogP contribution is 2.35. The van der Waals surface area contributed by atoms with Gasteiger partial charge in [-0.15, -0.1) is 0 Å². The van der Waals surface area contributed by atoms with Gasteiger partial charge in [-0.3, -0.25) is 4.99 Å². The second-order valence-electron chi connectivity index (χ2n) is 2.47. The summed E-state index contributed by atoms with van der Waals surface area (Å²) in [7, 11) is 0. The zero-order valence-electron chi connectivity index (χ0n) is 4.30. The average Bonchev–Trinajstić information content (AvgIpc) is 1.85. The van der Waals surface area contributed by atoms with Crippen molar-refractivity contribution in [2.75, 3.05) is 0 Å². The minimum absolute atomic E-state index is 0.764. The largest absolute Gasteiger partial charge is 0.294 e. The van der Waals surface area contributed by atoms with Crippen LogP contribution in [0.4, 0.5) is 0 Å². The standard InChI is InChI=1S/C6H9N/c1-2-6-5(1)3-4-7-6/h4-6H,1-3H2. The SMILES string of the molecule is C1=NC2CCC2C1. The van der Waals surface area contributed by atoms with Gasteiger partial charge in [-0.2, -0.15) is 0 Å². The van der Waals surface area contributed by atoms with Gasteiger partial charge in [-0.1, -0.05) is 0 Å². The summed E-state index contributed by atoms with van der Waals surface area (Å²) in [5.41, 5.74) is 0. The molecule has 1 aliphatic heterocycles. The van der Waals surface area contributed by atoms with Gasteiger partial charge in [-0.05, 0) is 31.4 Å². The molecule has 1 fully saturated rings. The Kier molecular flexibility index (Phi) is 0.566.